The van der Waals surface area contributed by atoms with Crippen LogP contribution in [-0.4, -0.2) is 43.8 Å². The molecule has 1 atom stereocenters. The highest BCUT2D eigenvalue weighted by Crippen LogP contribution is 2.58. The lowest BCUT2D eigenvalue weighted by atomic mass is 9.88. The lowest BCUT2D eigenvalue weighted by Gasteiger charge is -2.24. The molecule has 2 saturated carbocycles. The summed E-state index contributed by atoms with van der Waals surface area (Å²) in [6.45, 7) is 1.96. The summed E-state index contributed by atoms with van der Waals surface area (Å²) < 4.78 is 6.59. The van der Waals surface area contributed by atoms with E-state index in [4.69, 9.17) is 37.9 Å². The van der Waals surface area contributed by atoms with Crippen LogP contribution in [0, 0.1) is 0 Å². The number of para-hydroxylation sites is 1. The second kappa shape index (κ2) is 12.2. The zero-order valence-corrected chi connectivity index (χ0v) is 29.0. The molecule has 0 amide bonds. The zero-order valence-electron chi connectivity index (χ0n) is 27.5. The predicted molar refractivity (Wildman–Crippen MR) is 196 cm³/mol. The summed E-state index contributed by atoms with van der Waals surface area (Å²) in [7, 11) is 0. The number of pyridine rings is 2. The Bertz CT molecular complexity index is 2390. The molecule has 2 aliphatic carbocycles. The van der Waals surface area contributed by atoms with E-state index in [9.17, 15) is 24.9 Å². The summed E-state index contributed by atoms with van der Waals surface area (Å²) in [5, 5.41) is 34.2. The number of carbonyl (C=O) groups is 2. The third kappa shape index (κ3) is 5.45. The average molecular weight is 720 g/mol. The third-order valence-corrected chi connectivity index (χ3v) is 11.0. The van der Waals surface area contributed by atoms with Crippen LogP contribution in [-0.2, 0) is 10.8 Å². The Kier molecular flexibility index (Phi) is 7.92. The van der Waals surface area contributed by atoms with Crippen molar-refractivity contribution in [3.63, 3.8) is 0 Å². The molecule has 51 heavy (non-hydrogen) atoms. The highest BCUT2D eigenvalue weighted by atomic mass is 35.5. The largest absolute Gasteiger partial charge is 0.505 e. The number of benzene rings is 4. The molecule has 256 valence electrons. The van der Waals surface area contributed by atoms with Gasteiger partial charge in [-0.15, -0.1) is 0 Å². The topological polar surface area (TPSA) is 130 Å². The quantitative estimate of drug-likeness (QED) is 0.128. The first-order chi connectivity index (χ1) is 24.5. The van der Waals surface area contributed by atoms with Gasteiger partial charge in [0.25, 0.3) is 0 Å². The lowest BCUT2D eigenvalue weighted by Crippen LogP contribution is -2.19. The number of carboxylic acids is 2. The molecule has 8 rings (SSSR count). The maximum atomic E-state index is 13.0. The van der Waals surface area contributed by atoms with Gasteiger partial charge in [-0.05, 0) is 66.6 Å². The number of aromatic hydroxyl groups is 1. The van der Waals surface area contributed by atoms with Gasteiger partial charge in [0.05, 0.1) is 29.0 Å². The Morgan fingerprint density at radius 3 is 2.02 bits per heavy atom. The fourth-order valence-electron chi connectivity index (χ4n) is 7.54. The molecule has 4 aromatic carbocycles. The number of halogens is 2. The van der Waals surface area contributed by atoms with E-state index in [0.29, 0.717) is 48.8 Å². The van der Waals surface area contributed by atoms with Gasteiger partial charge in [0.15, 0.2) is 11.5 Å². The van der Waals surface area contributed by atoms with Crippen molar-refractivity contribution < 1.29 is 29.6 Å². The first kappa shape index (κ1) is 33.0. The molecule has 0 bridgehead atoms. The number of aromatic carboxylic acids is 2. The van der Waals surface area contributed by atoms with Crippen LogP contribution < -0.4 is 4.74 Å². The zero-order chi connectivity index (χ0) is 35.7. The van der Waals surface area contributed by atoms with Crippen molar-refractivity contribution in [3.05, 3.63) is 140 Å². The van der Waals surface area contributed by atoms with Gasteiger partial charge in [-0.1, -0.05) is 96.9 Å². The Hall–Kier alpha value is -5.18. The Labute approximate surface area is 303 Å². The third-order valence-electron chi connectivity index (χ3n) is 10.5. The number of carboxylic acid groups (broad SMARTS) is 2. The second-order valence-electron chi connectivity index (χ2n) is 13.6. The van der Waals surface area contributed by atoms with Crippen molar-refractivity contribution >= 4 is 56.9 Å². The van der Waals surface area contributed by atoms with E-state index in [-0.39, 0.29) is 35.2 Å². The molecule has 10 heteroatoms. The van der Waals surface area contributed by atoms with E-state index in [1.165, 1.54) is 0 Å². The number of hydrogen-bond donors (Lipinski definition) is 3. The van der Waals surface area contributed by atoms with Crippen LogP contribution in [0.5, 0.6) is 11.5 Å². The molecular weight excluding hydrogens is 687 g/mol. The number of rotatable bonds is 10. The standard InChI is InChI=1S/C41H32Cl2N2O6/c1-22(27-8-5-9-29-31(38(47)48)34(46)36(45-33(27)29)40(16-17-40)23-6-3-2-4-7-23)21-51-35-32(39(49)50)28-15-14-26(43)20-30(28)44-37(35)41(18-19-41)24-10-12-25(42)13-11-24/h2-15,20,22,46H,16-19,21H2,1H3,(H,47,48)(H,49,50). The molecule has 6 aromatic rings. The minimum Gasteiger partial charge on any atom is -0.505 e. The fraction of sp³-hybridized carbons (Fsp3) is 0.220. The Morgan fingerprint density at radius 1 is 0.745 bits per heavy atom. The molecule has 1 unspecified atom stereocenters. The lowest BCUT2D eigenvalue weighted by molar-refractivity contribution is 0.0683. The fourth-order valence-corrected chi connectivity index (χ4v) is 7.84. The van der Waals surface area contributed by atoms with E-state index >= 15 is 0 Å². The SMILES string of the molecule is CC(COc1c(C2(c3ccc(Cl)cc3)CC2)nc2cc(Cl)ccc2c1C(=O)O)c1cccc2c(C(=O)O)c(O)c(C3(c4ccccc4)CC3)nc12. The van der Waals surface area contributed by atoms with Crippen LogP contribution >= 0.6 is 23.2 Å². The molecule has 8 nitrogen and oxygen atoms in total. The van der Waals surface area contributed by atoms with Gasteiger partial charge < -0.3 is 20.1 Å². The van der Waals surface area contributed by atoms with Gasteiger partial charge in [-0.3, -0.25) is 0 Å². The van der Waals surface area contributed by atoms with Gasteiger partial charge in [0, 0.05) is 37.6 Å². The van der Waals surface area contributed by atoms with Crippen molar-refractivity contribution in [2.45, 2.75) is 49.4 Å². The molecule has 2 heterocycles. The van der Waals surface area contributed by atoms with Crippen molar-refractivity contribution in [2.75, 3.05) is 6.61 Å². The maximum absolute atomic E-state index is 13.0. The van der Waals surface area contributed by atoms with Crippen LogP contribution in [0.1, 0.15) is 87.3 Å². The summed E-state index contributed by atoms with van der Waals surface area (Å²) in [6.07, 6.45) is 2.91. The Morgan fingerprint density at radius 2 is 1.37 bits per heavy atom. The summed E-state index contributed by atoms with van der Waals surface area (Å²) in [5.41, 5.74) is 3.00. The smallest absolute Gasteiger partial charge is 0.340 e. The number of aromatic nitrogens is 2. The first-order valence-corrected chi connectivity index (χ1v) is 17.5. The molecule has 2 fully saturated rings. The highest BCUT2D eigenvalue weighted by Gasteiger charge is 2.51. The molecule has 0 radical (unpaired) electrons. The predicted octanol–water partition coefficient (Wildman–Crippen LogP) is 9.53. The van der Waals surface area contributed by atoms with Gasteiger partial charge in [0.1, 0.15) is 11.1 Å². The monoisotopic (exact) mass is 718 g/mol. The van der Waals surface area contributed by atoms with Gasteiger partial charge >= 0.3 is 11.9 Å². The van der Waals surface area contributed by atoms with Crippen molar-refractivity contribution in [1.82, 2.24) is 9.97 Å². The molecule has 0 spiro atoms. The molecule has 2 aromatic heterocycles. The van der Waals surface area contributed by atoms with Crippen LogP contribution in [0.15, 0.2) is 91.0 Å². The minimum absolute atomic E-state index is 0.00550. The highest BCUT2D eigenvalue weighted by molar-refractivity contribution is 6.31. The number of fused-ring (bicyclic) bond motifs is 2. The van der Waals surface area contributed by atoms with E-state index < -0.39 is 22.8 Å². The second-order valence-corrected chi connectivity index (χ2v) is 14.5. The summed E-state index contributed by atoms with van der Waals surface area (Å²) in [5.74, 6) is -2.94. The summed E-state index contributed by atoms with van der Waals surface area (Å²) >= 11 is 12.6. The molecule has 0 aliphatic heterocycles. The van der Waals surface area contributed by atoms with Crippen molar-refractivity contribution in [2.24, 2.45) is 0 Å². The number of nitrogens with zero attached hydrogens (tertiary/aromatic N) is 2. The molecule has 0 saturated heterocycles. The van der Waals surface area contributed by atoms with Crippen LogP contribution in [0.3, 0.4) is 0 Å². The molecular formula is C41H32Cl2N2O6. The first-order valence-electron chi connectivity index (χ1n) is 16.7. The number of ether oxygens (including phenoxy) is 1. The van der Waals surface area contributed by atoms with Crippen LogP contribution in [0.25, 0.3) is 21.8 Å². The Balaban J connectivity index is 1.25. The average Bonchev–Trinajstić information content (AvgIpc) is 4.06. The van der Waals surface area contributed by atoms with Crippen molar-refractivity contribution in [3.8, 4) is 11.5 Å². The van der Waals surface area contributed by atoms with Crippen LogP contribution in [0.2, 0.25) is 10.0 Å². The van der Waals surface area contributed by atoms with Crippen LogP contribution in [0.4, 0.5) is 0 Å². The van der Waals surface area contributed by atoms with E-state index in [2.05, 4.69) is 0 Å². The molecule has 2 aliphatic rings. The normalized spacial score (nSPS) is 16.1. The van der Waals surface area contributed by atoms with E-state index in [1.807, 2.05) is 67.6 Å². The van der Waals surface area contributed by atoms with Gasteiger partial charge in [-0.2, -0.15) is 0 Å². The van der Waals surface area contributed by atoms with Gasteiger partial charge in [-0.25, -0.2) is 19.6 Å². The van der Waals surface area contributed by atoms with Crippen molar-refractivity contribution in [1.29, 1.82) is 0 Å². The molecule has 3 N–H and O–H groups in total. The van der Waals surface area contributed by atoms with E-state index in [0.717, 1.165) is 36.8 Å². The van der Waals surface area contributed by atoms with Gasteiger partial charge in [0.2, 0.25) is 0 Å². The number of hydrogen-bond acceptors (Lipinski definition) is 6. The van der Waals surface area contributed by atoms with E-state index in [1.54, 1.807) is 30.3 Å². The summed E-state index contributed by atoms with van der Waals surface area (Å²) in [6, 6.07) is 27.4. The minimum atomic E-state index is -1.25. The maximum Gasteiger partial charge on any atom is 0.340 e. The summed E-state index contributed by atoms with van der Waals surface area (Å²) in [4.78, 5) is 35.7.